The molecule has 0 saturated carbocycles. The van der Waals surface area contributed by atoms with E-state index in [1.807, 2.05) is 0 Å². The average Bonchev–Trinajstić information content (AvgIpc) is 2.06. The van der Waals surface area contributed by atoms with Gasteiger partial charge in [0.2, 0.25) is 6.29 Å². The fraction of sp³-hybridized carbons (Fsp3) is 0.889. The van der Waals surface area contributed by atoms with Gasteiger partial charge in [-0.15, -0.1) is 0 Å². The summed E-state index contributed by atoms with van der Waals surface area (Å²) in [4.78, 5) is 12.7. The van der Waals surface area contributed by atoms with E-state index in [1.54, 1.807) is 0 Å². The van der Waals surface area contributed by atoms with Crippen molar-refractivity contribution in [3.63, 3.8) is 0 Å². The summed E-state index contributed by atoms with van der Waals surface area (Å²) in [5, 5.41) is 0. The standard InChI is InChI=1S/C9H16NO/c1-2-6-10-7-4-3-5-9(10)8-11/h9H,2-7H2,1H3. The second kappa shape index (κ2) is 4.50. The summed E-state index contributed by atoms with van der Waals surface area (Å²) in [5.41, 5.74) is 0. The molecule has 2 heteroatoms. The second-order valence-electron chi connectivity index (χ2n) is 3.17. The fourth-order valence-electron chi connectivity index (χ4n) is 1.68. The highest BCUT2D eigenvalue weighted by Gasteiger charge is 2.20. The van der Waals surface area contributed by atoms with Gasteiger partial charge < -0.3 is 0 Å². The van der Waals surface area contributed by atoms with Crippen LogP contribution in [0.25, 0.3) is 0 Å². The number of carbonyl (C=O) groups excluding carboxylic acids is 1. The molecule has 2 nitrogen and oxygen atoms in total. The Bertz CT molecular complexity index is 123. The molecule has 0 aromatic heterocycles. The van der Waals surface area contributed by atoms with E-state index in [2.05, 4.69) is 18.1 Å². The summed E-state index contributed by atoms with van der Waals surface area (Å²) in [6.07, 6.45) is 6.71. The molecule has 0 aliphatic carbocycles. The van der Waals surface area contributed by atoms with Crippen LogP contribution in [0.5, 0.6) is 0 Å². The number of hydrogen-bond donors (Lipinski definition) is 0. The molecule has 11 heavy (non-hydrogen) atoms. The van der Waals surface area contributed by atoms with Crippen molar-refractivity contribution >= 4 is 6.29 Å². The van der Waals surface area contributed by atoms with Crippen LogP contribution < -0.4 is 0 Å². The van der Waals surface area contributed by atoms with Crippen molar-refractivity contribution in [1.82, 2.24) is 4.90 Å². The molecule has 1 aliphatic rings. The van der Waals surface area contributed by atoms with E-state index in [4.69, 9.17) is 0 Å². The molecule has 0 aromatic rings. The molecule has 1 unspecified atom stereocenters. The maximum atomic E-state index is 10.5. The lowest BCUT2D eigenvalue weighted by Gasteiger charge is -2.31. The van der Waals surface area contributed by atoms with Gasteiger partial charge in [-0.25, -0.2) is 0 Å². The molecule has 1 atom stereocenters. The Morgan fingerprint density at radius 3 is 3.00 bits per heavy atom. The van der Waals surface area contributed by atoms with Crippen LogP contribution >= 0.6 is 0 Å². The van der Waals surface area contributed by atoms with Crippen molar-refractivity contribution in [2.75, 3.05) is 13.1 Å². The minimum Gasteiger partial charge on any atom is -0.293 e. The second-order valence-corrected chi connectivity index (χ2v) is 3.17. The fourth-order valence-corrected chi connectivity index (χ4v) is 1.68. The maximum Gasteiger partial charge on any atom is 0.217 e. The number of nitrogens with zero attached hydrogens (tertiary/aromatic N) is 1. The lowest BCUT2D eigenvalue weighted by atomic mass is 10.0. The smallest absolute Gasteiger partial charge is 0.217 e. The van der Waals surface area contributed by atoms with Gasteiger partial charge in [-0.1, -0.05) is 13.3 Å². The number of piperidine rings is 1. The van der Waals surface area contributed by atoms with Crippen LogP contribution in [0.4, 0.5) is 0 Å². The lowest BCUT2D eigenvalue weighted by molar-refractivity contribution is 0.189. The lowest BCUT2D eigenvalue weighted by Crippen LogP contribution is -2.40. The largest absolute Gasteiger partial charge is 0.293 e. The van der Waals surface area contributed by atoms with Crippen LogP contribution in [0.2, 0.25) is 0 Å². The van der Waals surface area contributed by atoms with E-state index in [0.717, 1.165) is 25.9 Å². The number of likely N-dealkylation sites (tertiary alicyclic amines) is 1. The Hall–Kier alpha value is -0.370. The van der Waals surface area contributed by atoms with Crippen LogP contribution in [-0.2, 0) is 4.79 Å². The van der Waals surface area contributed by atoms with Gasteiger partial charge in [0, 0.05) is 0 Å². The van der Waals surface area contributed by atoms with E-state index in [1.165, 1.54) is 12.8 Å². The minimum absolute atomic E-state index is 0.101. The topological polar surface area (TPSA) is 20.3 Å². The zero-order chi connectivity index (χ0) is 8.10. The van der Waals surface area contributed by atoms with Crippen molar-refractivity contribution in [2.24, 2.45) is 0 Å². The summed E-state index contributed by atoms with van der Waals surface area (Å²) < 4.78 is 0. The Morgan fingerprint density at radius 2 is 2.36 bits per heavy atom. The number of hydrogen-bond acceptors (Lipinski definition) is 2. The van der Waals surface area contributed by atoms with Crippen molar-refractivity contribution in [2.45, 2.75) is 38.6 Å². The molecule has 0 spiro atoms. The van der Waals surface area contributed by atoms with Crippen molar-refractivity contribution < 1.29 is 4.79 Å². The molecule has 1 heterocycles. The highest BCUT2D eigenvalue weighted by Crippen LogP contribution is 2.14. The molecule has 1 fully saturated rings. The van der Waals surface area contributed by atoms with E-state index in [9.17, 15) is 4.79 Å². The molecule has 0 N–H and O–H groups in total. The normalized spacial score (nSPS) is 26.8. The predicted molar refractivity (Wildman–Crippen MR) is 45.2 cm³/mol. The maximum absolute atomic E-state index is 10.5. The summed E-state index contributed by atoms with van der Waals surface area (Å²) in [6.45, 7) is 4.30. The van der Waals surface area contributed by atoms with Crippen LogP contribution in [0.3, 0.4) is 0 Å². The van der Waals surface area contributed by atoms with Crippen LogP contribution in [0.15, 0.2) is 0 Å². The molecule has 0 amide bonds. The molecule has 0 bridgehead atoms. The third-order valence-electron chi connectivity index (χ3n) is 2.26. The van der Waals surface area contributed by atoms with Crippen molar-refractivity contribution in [1.29, 1.82) is 0 Å². The first kappa shape index (κ1) is 8.72. The Balaban J connectivity index is 2.37. The molecular formula is C9H16NO. The van der Waals surface area contributed by atoms with Crippen molar-refractivity contribution in [3.05, 3.63) is 0 Å². The highest BCUT2D eigenvalue weighted by molar-refractivity contribution is 5.58. The minimum atomic E-state index is 0.101. The van der Waals surface area contributed by atoms with Crippen LogP contribution in [0.1, 0.15) is 32.6 Å². The number of rotatable bonds is 3. The van der Waals surface area contributed by atoms with Gasteiger partial charge in [0.25, 0.3) is 0 Å². The monoisotopic (exact) mass is 154 g/mol. The van der Waals surface area contributed by atoms with Gasteiger partial charge in [0.15, 0.2) is 0 Å². The van der Waals surface area contributed by atoms with Crippen LogP contribution in [-0.4, -0.2) is 30.3 Å². The van der Waals surface area contributed by atoms with E-state index >= 15 is 0 Å². The van der Waals surface area contributed by atoms with Gasteiger partial charge in [0.1, 0.15) is 0 Å². The van der Waals surface area contributed by atoms with E-state index in [-0.39, 0.29) is 6.04 Å². The third kappa shape index (κ3) is 2.29. The van der Waals surface area contributed by atoms with Crippen LogP contribution in [0, 0.1) is 0 Å². The SMILES string of the molecule is CCCN1CCCCC1[C]=O. The van der Waals surface area contributed by atoms with E-state index in [0.29, 0.717) is 0 Å². The molecule has 1 aliphatic heterocycles. The Morgan fingerprint density at radius 1 is 1.55 bits per heavy atom. The summed E-state index contributed by atoms with van der Waals surface area (Å²) in [6, 6.07) is 0.101. The molecule has 1 rings (SSSR count). The Labute approximate surface area is 68.6 Å². The molecule has 1 radical (unpaired) electrons. The van der Waals surface area contributed by atoms with Crippen molar-refractivity contribution in [3.8, 4) is 0 Å². The first-order valence-corrected chi connectivity index (χ1v) is 4.50. The van der Waals surface area contributed by atoms with Gasteiger partial charge in [-0.2, -0.15) is 0 Å². The quantitative estimate of drug-likeness (QED) is 0.611. The molecular weight excluding hydrogens is 138 g/mol. The van der Waals surface area contributed by atoms with Gasteiger partial charge in [-0.3, -0.25) is 9.69 Å². The summed E-state index contributed by atoms with van der Waals surface area (Å²) >= 11 is 0. The predicted octanol–water partition coefficient (Wildman–Crippen LogP) is 1.36. The van der Waals surface area contributed by atoms with Gasteiger partial charge >= 0.3 is 0 Å². The first-order valence-electron chi connectivity index (χ1n) is 4.50. The first-order chi connectivity index (χ1) is 5.38. The molecule has 0 aromatic carbocycles. The molecule has 1 saturated heterocycles. The Kier molecular flexibility index (Phi) is 3.57. The summed E-state index contributed by atoms with van der Waals surface area (Å²) in [5.74, 6) is 0. The van der Waals surface area contributed by atoms with Gasteiger partial charge in [-0.05, 0) is 32.4 Å². The van der Waals surface area contributed by atoms with Gasteiger partial charge in [0.05, 0.1) is 6.04 Å². The molecule has 63 valence electrons. The highest BCUT2D eigenvalue weighted by atomic mass is 16.1. The zero-order valence-corrected chi connectivity index (χ0v) is 7.18. The summed E-state index contributed by atoms with van der Waals surface area (Å²) in [7, 11) is 0. The van der Waals surface area contributed by atoms with E-state index < -0.39 is 0 Å². The zero-order valence-electron chi connectivity index (χ0n) is 7.18. The third-order valence-corrected chi connectivity index (χ3v) is 2.26. The average molecular weight is 154 g/mol.